The average molecular weight is 344 g/mol. The molecular formula is C22H20N2O2. The molecule has 2 unspecified atom stereocenters. The van der Waals surface area contributed by atoms with Gasteiger partial charge in [0.05, 0.1) is 6.04 Å². The SMILES string of the molecule is O=C1C(=CCC2CC2)C(c2ccccc2)NC1c1nc2ccccc2o1. The third kappa shape index (κ3) is 2.76. The molecule has 2 fully saturated rings. The van der Waals surface area contributed by atoms with Crippen LogP contribution >= 0.6 is 0 Å². The van der Waals surface area contributed by atoms with Crippen molar-refractivity contribution in [2.75, 3.05) is 0 Å². The molecule has 5 rings (SSSR count). The fourth-order valence-electron chi connectivity index (χ4n) is 3.62. The summed E-state index contributed by atoms with van der Waals surface area (Å²) < 4.78 is 5.87. The van der Waals surface area contributed by atoms with Crippen LogP contribution in [0, 0.1) is 5.92 Å². The van der Waals surface area contributed by atoms with E-state index >= 15 is 0 Å². The van der Waals surface area contributed by atoms with Gasteiger partial charge in [0.15, 0.2) is 11.4 Å². The van der Waals surface area contributed by atoms with E-state index in [1.165, 1.54) is 12.8 Å². The summed E-state index contributed by atoms with van der Waals surface area (Å²) in [6.45, 7) is 0. The van der Waals surface area contributed by atoms with Crippen LogP contribution in [0.15, 0.2) is 70.7 Å². The number of fused-ring (bicyclic) bond motifs is 1. The lowest BCUT2D eigenvalue weighted by atomic mass is 9.97. The van der Waals surface area contributed by atoms with Crippen molar-refractivity contribution >= 4 is 16.9 Å². The van der Waals surface area contributed by atoms with Crippen molar-refractivity contribution < 1.29 is 9.21 Å². The smallest absolute Gasteiger partial charge is 0.220 e. The van der Waals surface area contributed by atoms with Crippen molar-refractivity contribution in [3.63, 3.8) is 0 Å². The molecule has 130 valence electrons. The van der Waals surface area contributed by atoms with Crippen LogP contribution in [0.4, 0.5) is 0 Å². The third-order valence-electron chi connectivity index (χ3n) is 5.25. The van der Waals surface area contributed by atoms with Crippen LogP contribution in [0.5, 0.6) is 0 Å². The number of rotatable bonds is 4. The molecule has 2 heterocycles. The molecule has 1 N–H and O–H groups in total. The lowest BCUT2D eigenvalue weighted by molar-refractivity contribution is -0.116. The third-order valence-corrected chi connectivity index (χ3v) is 5.25. The number of oxazole rings is 1. The van der Waals surface area contributed by atoms with Crippen LogP contribution in [0.3, 0.4) is 0 Å². The molecule has 1 saturated heterocycles. The summed E-state index contributed by atoms with van der Waals surface area (Å²) in [6.07, 6.45) is 5.66. The number of ketones is 1. The number of benzene rings is 2. The van der Waals surface area contributed by atoms with E-state index in [0.29, 0.717) is 11.5 Å². The van der Waals surface area contributed by atoms with E-state index in [9.17, 15) is 4.79 Å². The molecule has 1 saturated carbocycles. The lowest BCUT2D eigenvalue weighted by Crippen LogP contribution is -2.20. The summed E-state index contributed by atoms with van der Waals surface area (Å²) in [5.74, 6) is 1.27. The van der Waals surface area contributed by atoms with Gasteiger partial charge in [-0.1, -0.05) is 48.5 Å². The molecule has 0 spiro atoms. The van der Waals surface area contributed by atoms with Crippen LogP contribution < -0.4 is 5.32 Å². The van der Waals surface area contributed by atoms with E-state index in [1.54, 1.807) is 0 Å². The molecule has 1 aromatic heterocycles. The Morgan fingerprint density at radius 2 is 1.81 bits per heavy atom. The molecule has 3 aromatic rings. The van der Waals surface area contributed by atoms with E-state index in [2.05, 4.69) is 28.5 Å². The number of aromatic nitrogens is 1. The highest BCUT2D eigenvalue weighted by Gasteiger charge is 2.41. The first kappa shape index (κ1) is 15.5. The quantitative estimate of drug-likeness (QED) is 0.708. The highest BCUT2D eigenvalue weighted by molar-refractivity contribution is 6.03. The first-order valence-electron chi connectivity index (χ1n) is 9.20. The summed E-state index contributed by atoms with van der Waals surface area (Å²) in [5.41, 5.74) is 3.43. The van der Waals surface area contributed by atoms with Gasteiger partial charge in [0, 0.05) is 5.57 Å². The Morgan fingerprint density at radius 1 is 1.04 bits per heavy atom. The number of nitrogens with zero attached hydrogens (tertiary/aromatic N) is 1. The summed E-state index contributed by atoms with van der Waals surface area (Å²) >= 11 is 0. The van der Waals surface area contributed by atoms with Gasteiger partial charge in [-0.15, -0.1) is 0 Å². The van der Waals surface area contributed by atoms with Gasteiger partial charge >= 0.3 is 0 Å². The van der Waals surface area contributed by atoms with Gasteiger partial charge in [0.25, 0.3) is 0 Å². The Morgan fingerprint density at radius 3 is 2.58 bits per heavy atom. The van der Waals surface area contributed by atoms with E-state index in [-0.39, 0.29) is 11.8 Å². The highest BCUT2D eigenvalue weighted by atomic mass is 16.4. The Bertz CT molecular complexity index is 953. The van der Waals surface area contributed by atoms with Crippen LogP contribution in [-0.2, 0) is 4.79 Å². The Kier molecular flexibility index (Phi) is 3.71. The molecule has 1 aliphatic heterocycles. The minimum Gasteiger partial charge on any atom is -0.438 e. The van der Waals surface area contributed by atoms with Crippen molar-refractivity contribution in [1.29, 1.82) is 0 Å². The van der Waals surface area contributed by atoms with Crippen molar-refractivity contribution in [2.45, 2.75) is 31.3 Å². The van der Waals surface area contributed by atoms with Gasteiger partial charge in [-0.05, 0) is 42.9 Å². The van der Waals surface area contributed by atoms with Gasteiger partial charge in [0.2, 0.25) is 5.89 Å². The maximum atomic E-state index is 13.2. The monoisotopic (exact) mass is 344 g/mol. The van der Waals surface area contributed by atoms with Crippen molar-refractivity contribution in [2.24, 2.45) is 5.92 Å². The predicted molar refractivity (Wildman–Crippen MR) is 99.5 cm³/mol. The number of para-hydroxylation sites is 2. The molecule has 0 radical (unpaired) electrons. The van der Waals surface area contributed by atoms with Crippen LogP contribution in [-0.4, -0.2) is 10.8 Å². The molecule has 0 amide bonds. The minimum absolute atomic E-state index is 0.0751. The number of hydrogen-bond donors (Lipinski definition) is 1. The second-order valence-electron chi connectivity index (χ2n) is 7.17. The van der Waals surface area contributed by atoms with Gasteiger partial charge in [-0.3, -0.25) is 10.1 Å². The van der Waals surface area contributed by atoms with E-state index in [4.69, 9.17) is 4.42 Å². The van der Waals surface area contributed by atoms with E-state index in [0.717, 1.165) is 29.0 Å². The fraction of sp³-hybridized carbons (Fsp3) is 0.273. The average Bonchev–Trinajstić information content (AvgIpc) is 3.31. The fourth-order valence-corrected chi connectivity index (χ4v) is 3.62. The first-order chi connectivity index (χ1) is 12.8. The molecule has 2 atom stereocenters. The summed E-state index contributed by atoms with van der Waals surface area (Å²) in [4.78, 5) is 17.7. The number of nitrogens with one attached hydrogen (secondary N) is 1. The number of allylic oxidation sites excluding steroid dienone is 1. The number of hydrogen-bond acceptors (Lipinski definition) is 4. The lowest BCUT2D eigenvalue weighted by Gasteiger charge is -2.12. The minimum atomic E-state index is -0.530. The number of carbonyl (C=O) groups is 1. The molecule has 1 aliphatic carbocycles. The van der Waals surface area contributed by atoms with Gasteiger partial charge in [-0.2, -0.15) is 0 Å². The summed E-state index contributed by atoms with van der Waals surface area (Å²) in [5, 5.41) is 3.45. The van der Waals surface area contributed by atoms with Crippen LogP contribution in [0.2, 0.25) is 0 Å². The van der Waals surface area contributed by atoms with Crippen molar-refractivity contribution in [3.05, 3.63) is 77.7 Å². The largest absolute Gasteiger partial charge is 0.438 e. The number of carbonyl (C=O) groups excluding carboxylic acids is 1. The standard InChI is InChI=1S/C22H20N2O2/c25-21-16(13-12-14-10-11-14)19(15-6-2-1-3-7-15)24-20(21)22-23-17-8-4-5-9-18(17)26-22/h1-9,13-14,19-20,24H,10-12H2. The zero-order valence-electron chi connectivity index (χ0n) is 14.4. The first-order valence-corrected chi connectivity index (χ1v) is 9.20. The normalized spacial score (nSPS) is 24.6. The molecule has 4 nitrogen and oxygen atoms in total. The molecular weight excluding hydrogens is 324 g/mol. The molecule has 4 heteroatoms. The second kappa shape index (κ2) is 6.22. The Labute approximate surface area is 151 Å². The second-order valence-corrected chi connectivity index (χ2v) is 7.17. The summed E-state index contributed by atoms with van der Waals surface area (Å²) in [6, 6.07) is 17.1. The predicted octanol–water partition coefficient (Wildman–Crippen LogP) is 4.51. The van der Waals surface area contributed by atoms with Gasteiger partial charge in [-0.25, -0.2) is 4.98 Å². The molecule has 0 bridgehead atoms. The van der Waals surface area contributed by atoms with Crippen molar-refractivity contribution in [1.82, 2.24) is 10.3 Å². The van der Waals surface area contributed by atoms with Gasteiger partial charge in [0.1, 0.15) is 11.6 Å². The zero-order valence-corrected chi connectivity index (χ0v) is 14.4. The Hall–Kier alpha value is -2.72. The molecule has 2 aliphatic rings. The zero-order chi connectivity index (χ0) is 17.5. The van der Waals surface area contributed by atoms with Gasteiger partial charge < -0.3 is 4.42 Å². The maximum Gasteiger partial charge on any atom is 0.220 e. The molecule has 2 aromatic carbocycles. The van der Waals surface area contributed by atoms with Crippen LogP contribution in [0.25, 0.3) is 11.1 Å². The number of Topliss-reactive ketones (excluding diaryl/α,β-unsaturated/α-hetero) is 1. The highest BCUT2D eigenvalue weighted by Crippen LogP contribution is 2.39. The molecule has 26 heavy (non-hydrogen) atoms. The van der Waals surface area contributed by atoms with Crippen LogP contribution in [0.1, 0.15) is 42.8 Å². The topological polar surface area (TPSA) is 55.1 Å². The summed E-state index contributed by atoms with van der Waals surface area (Å²) in [7, 11) is 0. The van der Waals surface area contributed by atoms with Crippen molar-refractivity contribution in [3.8, 4) is 0 Å². The van der Waals surface area contributed by atoms with E-state index < -0.39 is 6.04 Å². The Balaban J connectivity index is 1.52. The maximum absolute atomic E-state index is 13.2. The van der Waals surface area contributed by atoms with E-state index in [1.807, 2.05) is 42.5 Å².